The Hall–Kier alpha value is -3.30. The highest BCUT2D eigenvalue weighted by atomic mass is 19.1. The Bertz CT molecular complexity index is 764. The molecule has 0 aliphatic carbocycles. The van der Waals surface area contributed by atoms with Gasteiger partial charge in [-0.3, -0.25) is 25.8 Å². The van der Waals surface area contributed by atoms with E-state index < -0.39 is 16.6 Å². The molecule has 25 heavy (non-hydrogen) atoms. The number of halogens is 1. The first kappa shape index (κ1) is 18.0. The molecule has 0 bridgehead atoms. The highest BCUT2D eigenvalue weighted by Crippen LogP contribution is 2.31. The van der Waals surface area contributed by atoms with Gasteiger partial charge in [-0.05, 0) is 38.1 Å². The van der Waals surface area contributed by atoms with E-state index >= 15 is 0 Å². The third-order valence-electron chi connectivity index (χ3n) is 3.45. The number of nitro groups is 1. The van der Waals surface area contributed by atoms with Gasteiger partial charge in [-0.15, -0.1) is 0 Å². The largest absolute Gasteiger partial charge is 0.355 e. The van der Waals surface area contributed by atoms with E-state index in [0.717, 1.165) is 12.1 Å². The van der Waals surface area contributed by atoms with Crippen molar-refractivity contribution in [1.29, 1.82) is 0 Å². The van der Waals surface area contributed by atoms with Gasteiger partial charge in [0, 0.05) is 18.7 Å². The van der Waals surface area contributed by atoms with Crippen molar-refractivity contribution < 1.29 is 14.1 Å². The molecule has 10 heteroatoms. The van der Waals surface area contributed by atoms with Gasteiger partial charge in [0.05, 0.1) is 4.92 Å². The van der Waals surface area contributed by atoms with Crippen molar-refractivity contribution in [3.8, 4) is 0 Å². The number of carbonyl (C=O) groups is 1. The molecule has 0 fully saturated rings. The molecule has 0 spiro atoms. The summed E-state index contributed by atoms with van der Waals surface area (Å²) in [7, 11) is 0. The van der Waals surface area contributed by atoms with Crippen LogP contribution >= 0.6 is 0 Å². The van der Waals surface area contributed by atoms with Crippen LogP contribution in [0.2, 0.25) is 0 Å². The van der Waals surface area contributed by atoms with Crippen LogP contribution in [0, 0.1) is 15.9 Å². The molecule has 0 radical (unpaired) electrons. The average molecular weight is 348 g/mol. The zero-order chi connectivity index (χ0) is 18.4. The van der Waals surface area contributed by atoms with Gasteiger partial charge < -0.3 is 4.90 Å². The maximum Gasteiger partial charge on any atom is 0.355 e. The smallest absolute Gasteiger partial charge is 0.351 e. The zero-order valence-electron chi connectivity index (χ0n) is 13.7. The number of hydrogen-bond donors (Lipinski definition) is 2. The Labute approximate surface area is 143 Å². The number of hydrogen-bond acceptors (Lipinski definition) is 7. The predicted octanol–water partition coefficient (Wildman–Crippen LogP) is 2.13. The van der Waals surface area contributed by atoms with E-state index in [9.17, 15) is 19.3 Å². The molecular weight excluding hydrogens is 331 g/mol. The van der Waals surface area contributed by atoms with Gasteiger partial charge in [-0.1, -0.05) is 0 Å². The van der Waals surface area contributed by atoms with E-state index in [0.29, 0.717) is 13.1 Å². The molecule has 9 nitrogen and oxygen atoms in total. The molecule has 0 saturated heterocycles. The minimum absolute atomic E-state index is 0.141. The maximum atomic E-state index is 12.9. The van der Waals surface area contributed by atoms with Gasteiger partial charge in [-0.25, -0.2) is 14.4 Å². The lowest BCUT2D eigenvalue weighted by atomic mass is 10.2. The first-order valence-corrected chi connectivity index (χ1v) is 7.54. The molecule has 0 aliphatic rings. The molecule has 0 saturated carbocycles. The first-order valence-electron chi connectivity index (χ1n) is 7.54. The molecular formula is C15H17FN6O3. The Morgan fingerprint density at radius 1 is 1.24 bits per heavy atom. The third kappa shape index (κ3) is 4.16. The second-order valence-electron chi connectivity index (χ2n) is 4.91. The summed E-state index contributed by atoms with van der Waals surface area (Å²) < 4.78 is 12.9. The molecule has 0 atom stereocenters. The van der Waals surface area contributed by atoms with Crippen molar-refractivity contribution >= 4 is 23.2 Å². The van der Waals surface area contributed by atoms with Crippen LogP contribution in [0.4, 0.5) is 21.7 Å². The van der Waals surface area contributed by atoms with Crippen LogP contribution in [0.5, 0.6) is 0 Å². The monoisotopic (exact) mass is 348 g/mol. The SMILES string of the molecule is CCN(CC)c1ncnc(NNC(=O)c2ccc(F)cc2)c1[N+](=O)[O-]. The van der Waals surface area contributed by atoms with E-state index in [2.05, 4.69) is 20.8 Å². The van der Waals surface area contributed by atoms with Gasteiger partial charge in [0.25, 0.3) is 5.91 Å². The highest BCUT2D eigenvalue weighted by molar-refractivity contribution is 5.95. The minimum atomic E-state index is -0.611. The standard InChI is InChI=1S/C15H17FN6O3/c1-3-21(4-2)14-12(22(24)25)13(17-9-18-14)19-20-15(23)10-5-7-11(16)8-6-10/h5-9H,3-4H2,1-2H3,(H,20,23)(H,17,18,19). The normalized spacial score (nSPS) is 10.2. The van der Waals surface area contributed by atoms with E-state index in [1.54, 1.807) is 4.90 Å². The molecule has 2 rings (SSSR count). The zero-order valence-corrected chi connectivity index (χ0v) is 13.7. The van der Waals surface area contributed by atoms with Crippen LogP contribution in [0.25, 0.3) is 0 Å². The van der Waals surface area contributed by atoms with Crippen molar-refractivity contribution in [3.05, 3.63) is 52.1 Å². The molecule has 132 valence electrons. The summed E-state index contributed by atoms with van der Waals surface area (Å²) in [5.74, 6) is -1.04. The number of aromatic nitrogens is 2. The Morgan fingerprint density at radius 3 is 2.44 bits per heavy atom. The van der Waals surface area contributed by atoms with Crippen LogP contribution in [-0.2, 0) is 0 Å². The average Bonchev–Trinajstić information content (AvgIpc) is 2.61. The topological polar surface area (TPSA) is 113 Å². The molecule has 1 heterocycles. The molecule has 2 aromatic rings. The van der Waals surface area contributed by atoms with Crippen LogP contribution < -0.4 is 15.8 Å². The van der Waals surface area contributed by atoms with Gasteiger partial charge in [0.1, 0.15) is 12.1 Å². The summed E-state index contributed by atoms with van der Waals surface area (Å²) in [4.78, 5) is 32.3. The number of nitrogens with zero attached hydrogens (tertiary/aromatic N) is 4. The number of amides is 1. The van der Waals surface area contributed by atoms with Crippen LogP contribution in [0.1, 0.15) is 24.2 Å². The fraction of sp³-hybridized carbons (Fsp3) is 0.267. The number of carbonyl (C=O) groups excluding carboxylic acids is 1. The Balaban J connectivity index is 2.24. The van der Waals surface area contributed by atoms with Crippen molar-refractivity contribution in [2.24, 2.45) is 0 Å². The summed E-state index contributed by atoms with van der Waals surface area (Å²) >= 11 is 0. The minimum Gasteiger partial charge on any atom is -0.351 e. The van der Waals surface area contributed by atoms with Crippen molar-refractivity contribution in [2.45, 2.75) is 13.8 Å². The molecule has 1 aromatic heterocycles. The molecule has 2 N–H and O–H groups in total. The second-order valence-corrected chi connectivity index (χ2v) is 4.91. The number of benzene rings is 1. The van der Waals surface area contributed by atoms with E-state index in [-0.39, 0.29) is 22.9 Å². The predicted molar refractivity (Wildman–Crippen MR) is 89.7 cm³/mol. The van der Waals surface area contributed by atoms with Crippen LogP contribution in [0.15, 0.2) is 30.6 Å². The van der Waals surface area contributed by atoms with Crippen LogP contribution in [0.3, 0.4) is 0 Å². The number of rotatable bonds is 7. The number of nitrogens with one attached hydrogen (secondary N) is 2. The van der Waals surface area contributed by atoms with Crippen molar-refractivity contribution in [3.63, 3.8) is 0 Å². The quantitative estimate of drug-likeness (QED) is 0.582. The molecule has 1 amide bonds. The Kier molecular flexibility index (Phi) is 5.77. The summed E-state index contributed by atoms with van der Waals surface area (Å²) in [5, 5.41) is 11.4. The van der Waals surface area contributed by atoms with Crippen LogP contribution in [-0.4, -0.2) is 33.9 Å². The summed E-state index contributed by atoms with van der Waals surface area (Å²) in [6, 6.07) is 4.87. The van der Waals surface area contributed by atoms with Gasteiger partial charge in [0.15, 0.2) is 0 Å². The van der Waals surface area contributed by atoms with Crippen molar-refractivity contribution in [2.75, 3.05) is 23.4 Å². The van der Waals surface area contributed by atoms with E-state index in [1.165, 1.54) is 18.5 Å². The lowest BCUT2D eigenvalue weighted by Crippen LogP contribution is -2.31. The van der Waals surface area contributed by atoms with Gasteiger partial charge in [-0.2, -0.15) is 0 Å². The van der Waals surface area contributed by atoms with Gasteiger partial charge >= 0.3 is 5.69 Å². The van der Waals surface area contributed by atoms with Gasteiger partial charge in [0.2, 0.25) is 11.6 Å². The number of anilines is 2. The molecule has 1 aromatic carbocycles. The maximum absolute atomic E-state index is 12.9. The van der Waals surface area contributed by atoms with E-state index in [4.69, 9.17) is 0 Å². The molecule has 0 unspecified atom stereocenters. The highest BCUT2D eigenvalue weighted by Gasteiger charge is 2.26. The third-order valence-corrected chi connectivity index (χ3v) is 3.45. The van der Waals surface area contributed by atoms with Crippen molar-refractivity contribution in [1.82, 2.24) is 15.4 Å². The lowest BCUT2D eigenvalue weighted by molar-refractivity contribution is -0.383. The summed E-state index contributed by atoms with van der Waals surface area (Å²) in [5.41, 5.74) is 4.59. The fourth-order valence-electron chi connectivity index (χ4n) is 2.17. The lowest BCUT2D eigenvalue weighted by Gasteiger charge is -2.20. The number of hydrazine groups is 1. The molecule has 0 aliphatic heterocycles. The van der Waals surface area contributed by atoms with E-state index in [1.807, 2.05) is 13.8 Å². The Morgan fingerprint density at radius 2 is 1.88 bits per heavy atom. The first-order chi connectivity index (χ1) is 12.0. The summed E-state index contributed by atoms with van der Waals surface area (Å²) in [6.07, 6.45) is 1.17. The summed E-state index contributed by atoms with van der Waals surface area (Å²) in [6.45, 7) is 4.74. The fourth-order valence-corrected chi connectivity index (χ4v) is 2.17. The second kappa shape index (κ2) is 7.99.